The Labute approximate surface area is 159 Å². The van der Waals surface area contributed by atoms with Crippen molar-refractivity contribution in [2.45, 2.75) is 20.3 Å². The zero-order chi connectivity index (χ0) is 20.0. The quantitative estimate of drug-likeness (QED) is 0.810. The maximum atomic E-state index is 13.0. The third-order valence-corrected chi connectivity index (χ3v) is 4.32. The number of nitrogens with one attached hydrogen (secondary N) is 1. The summed E-state index contributed by atoms with van der Waals surface area (Å²) in [6, 6.07) is 11.1. The first-order valence-corrected chi connectivity index (χ1v) is 9.00. The van der Waals surface area contributed by atoms with Gasteiger partial charge in [0.2, 0.25) is 5.91 Å². The summed E-state index contributed by atoms with van der Waals surface area (Å²) in [5, 5.41) is 2.82. The largest absolute Gasteiger partial charge is 0.377 e. The molecule has 0 heterocycles. The number of hydrogen-bond donors (Lipinski definition) is 1. The zero-order valence-electron chi connectivity index (χ0n) is 16.3. The molecule has 1 N–H and O–H groups in total. The van der Waals surface area contributed by atoms with E-state index >= 15 is 0 Å². The van der Waals surface area contributed by atoms with Crippen LogP contribution in [-0.4, -0.2) is 43.9 Å². The van der Waals surface area contributed by atoms with Crippen LogP contribution in [0.15, 0.2) is 42.5 Å². The predicted octanol–water partition coefficient (Wildman–Crippen LogP) is 3.55. The Morgan fingerprint density at radius 3 is 2.19 bits per heavy atom. The van der Waals surface area contributed by atoms with E-state index in [1.807, 2.05) is 38.9 Å². The van der Waals surface area contributed by atoms with Gasteiger partial charge in [0.15, 0.2) is 0 Å². The fraction of sp³-hybridized carbons (Fsp3) is 0.333. The first-order valence-electron chi connectivity index (χ1n) is 9.00. The van der Waals surface area contributed by atoms with E-state index in [2.05, 4.69) is 5.32 Å². The molecule has 0 radical (unpaired) electrons. The highest BCUT2D eigenvalue weighted by molar-refractivity contribution is 6.02. The predicted molar refractivity (Wildman–Crippen MR) is 107 cm³/mol. The molecule has 0 atom stereocenters. The lowest BCUT2D eigenvalue weighted by Crippen LogP contribution is -2.31. The first kappa shape index (κ1) is 20.4. The second-order valence-corrected chi connectivity index (χ2v) is 6.46. The van der Waals surface area contributed by atoms with Gasteiger partial charge in [0.25, 0.3) is 5.91 Å². The van der Waals surface area contributed by atoms with E-state index in [9.17, 15) is 14.0 Å². The Morgan fingerprint density at radius 1 is 1.00 bits per heavy atom. The van der Waals surface area contributed by atoms with Gasteiger partial charge in [-0.2, -0.15) is 0 Å². The fourth-order valence-electron chi connectivity index (χ4n) is 2.85. The van der Waals surface area contributed by atoms with Crippen molar-refractivity contribution < 1.29 is 14.0 Å². The molecule has 27 heavy (non-hydrogen) atoms. The minimum absolute atomic E-state index is 0.0710. The van der Waals surface area contributed by atoms with Crippen LogP contribution in [0.4, 0.5) is 15.8 Å². The van der Waals surface area contributed by atoms with Crippen molar-refractivity contribution in [1.29, 1.82) is 0 Å². The highest BCUT2D eigenvalue weighted by atomic mass is 19.1. The molecule has 0 aliphatic carbocycles. The summed E-state index contributed by atoms with van der Waals surface area (Å²) in [7, 11) is 3.75. The number of anilines is 2. The fourth-order valence-corrected chi connectivity index (χ4v) is 2.85. The zero-order valence-corrected chi connectivity index (χ0v) is 16.3. The van der Waals surface area contributed by atoms with Gasteiger partial charge in [-0.15, -0.1) is 0 Å². The molecule has 5 nitrogen and oxygen atoms in total. The molecule has 0 saturated heterocycles. The molecule has 144 valence electrons. The number of benzene rings is 2. The SMILES string of the molecule is CCN(CC)C(=O)c1cc(NC(=O)Cc2ccc(F)cc2)ccc1N(C)C. The Balaban J connectivity index is 2.22. The van der Waals surface area contributed by atoms with Gasteiger partial charge in [-0.25, -0.2) is 4.39 Å². The second-order valence-electron chi connectivity index (χ2n) is 6.46. The lowest BCUT2D eigenvalue weighted by molar-refractivity contribution is -0.115. The summed E-state index contributed by atoms with van der Waals surface area (Å²) < 4.78 is 13.0. The molecule has 0 aliphatic rings. The molecule has 2 aromatic carbocycles. The number of carbonyl (C=O) groups is 2. The van der Waals surface area contributed by atoms with Gasteiger partial charge in [-0.3, -0.25) is 9.59 Å². The van der Waals surface area contributed by atoms with Crippen LogP contribution < -0.4 is 10.2 Å². The second kappa shape index (κ2) is 9.16. The Morgan fingerprint density at radius 2 is 1.63 bits per heavy atom. The summed E-state index contributed by atoms with van der Waals surface area (Å²) in [4.78, 5) is 28.8. The molecular formula is C21H26FN3O2. The number of nitrogens with zero attached hydrogens (tertiary/aromatic N) is 2. The minimum Gasteiger partial charge on any atom is -0.377 e. The van der Waals surface area contributed by atoms with Gasteiger partial charge < -0.3 is 15.1 Å². The molecule has 0 aliphatic heterocycles. The van der Waals surface area contributed by atoms with Crippen molar-refractivity contribution in [2.24, 2.45) is 0 Å². The van der Waals surface area contributed by atoms with Gasteiger partial charge in [-0.05, 0) is 49.7 Å². The van der Waals surface area contributed by atoms with Crippen LogP contribution in [0.25, 0.3) is 0 Å². The van der Waals surface area contributed by atoms with Gasteiger partial charge >= 0.3 is 0 Å². The van der Waals surface area contributed by atoms with Gasteiger partial charge in [0.1, 0.15) is 5.82 Å². The standard InChI is InChI=1S/C21H26FN3O2/c1-5-25(6-2)21(27)18-14-17(11-12-19(18)24(3)4)23-20(26)13-15-7-9-16(22)10-8-15/h7-12,14H,5-6,13H2,1-4H3,(H,23,26). The summed E-state index contributed by atoms with van der Waals surface area (Å²) >= 11 is 0. The van der Waals surface area contributed by atoms with Crippen LogP contribution in [0.2, 0.25) is 0 Å². The summed E-state index contributed by atoms with van der Waals surface area (Å²) in [5.41, 5.74) is 2.62. The van der Waals surface area contributed by atoms with E-state index < -0.39 is 0 Å². The molecule has 0 bridgehead atoms. The molecule has 0 fully saturated rings. The maximum absolute atomic E-state index is 13.0. The Hall–Kier alpha value is -2.89. The molecule has 2 amide bonds. The molecular weight excluding hydrogens is 345 g/mol. The van der Waals surface area contributed by atoms with E-state index in [4.69, 9.17) is 0 Å². The van der Waals surface area contributed by atoms with Crippen molar-refractivity contribution in [3.8, 4) is 0 Å². The minimum atomic E-state index is -0.335. The van der Waals surface area contributed by atoms with E-state index in [-0.39, 0.29) is 24.1 Å². The van der Waals surface area contributed by atoms with Crippen LogP contribution in [0.5, 0.6) is 0 Å². The van der Waals surface area contributed by atoms with Gasteiger partial charge in [0.05, 0.1) is 12.0 Å². The number of amides is 2. The highest BCUT2D eigenvalue weighted by Crippen LogP contribution is 2.24. The Bertz CT molecular complexity index is 800. The molecule has 0 spiro atoms. The highest BCUT2D eigenvalue weighted by Gasteiger charge is 2.19. The average Bonchev–Trinajstić information content (AvgIpc) is 2.64. The first-order chi connectivity index (χ1) is 12.8. The molecule has 0 unspecified atom stereocenters. The average molecular weight is 371 g/mol. The van der Waals surface area contributed by atoms with Crippen molar-refractivity contribution in [3.05, 3.63) is 59.4 Å². The van der Waals surface area contributed by atoms with Crippen LogP contribution >= 0.6 is 0 Å². The molecule has 0 saturated carbocycles. The topological polar surface area (TPSA) is 52.7 Å². The van der Waals surface area contributed by atoms with Crippen LogP contribution in [0.1, 0.15) is 29.8 Å². The Kier molecular flexibility index (Phi) is 6.93. The molecule has 0 aromatic heterocycles. The molecule has 6 heteroatoms. The smallest absolute Gasteiger partial charge is 0.256 e. The van der Waals surface area contributed by atoms with Crippen molar-refractivity contribution in [2.75, 3.05) is 37.4 Å². The number of carbonyl (C=O) groups excluding carboxylic acids is 2. The number of hydrogen-bond acceptors (Lipinski definition) is 3. The monoisotopic (exact) mass is 371 g/mol. The third kappa shape index (κ3) is 5.29. The lowest BCUT2D eigenvalue weighted by atomic mass is 10.1. The van der Waals surface area contributed by atoms with Crippen LogP contribution in [0, 0.1) is 5.82 Å². The number of rotatable bonds is 7. The van der Waals surface area contributed by atoms with E-state index in [0.29, 0.717) is 24.3 Å². The third-order valence-electron chi connectivity index (χ3n) is 4.32. The van der Waals surface area contributed by atoms with Crippen molar-refractivity contribution in [1.82, 2.24) is 4.90 Å². The summed E-state index contributed by atoms with van der Waals surface area (Å²) in [6.07, 6.45) is 0.134. The van der Waals surface area contributed by atoms with E-state index in [1.54, 1.807) is 29.2 Å². The van der Waals surface area contributed by atoms with Crippen molar-refractivity contribution >= 4 is 23.2 Å². The normalized spacial score (nSPS) is 10.4. The van der Waals surface area contributed by atoms with Crippen LogP contribution in [-0.2, 0) is 11.2 Å². The lowest BCUT2D eigenvalue weighted by Gasteiger charge is -2.23. The van der Waals surface area contributed by atoms with E-state index in [1.165, 1.54) is 12.1 Å². The number of halogens is 1. The van der Waals surface area contributed by atoms with E-state index in [0.717, 1.165) is 11.3 Å². The molecule has 2 aromatic rings. The molecule has 2 rings (SSSR count). The van der Waals surface area contributed by atoms with Gasteiger partial charge in [-0.1, -0.05) is 12.1 Å². The van der Waals surface area contributed by atoms with Gasteiger partial charge in [0, 0.05) is 38.6 Å². The van der Waals surface area contributed by atoms with Crippen LogP contribution in [0.3, 0.4) is 0 Å². The maximum Gasteiger partial charge on any atom is 0.256 e. The summed E-state index contributed by atoms with van der Waals surface area (Å²) in [5.74, 6) is -0.628. The summed E-state index contributed by atoms with van der Waals surface area (Å²) in [6.45, 7) is 5.10. The van der Waals surface area contributed by atoms with Crippen molar-refractivity contribution in [3.63, 3.8) is 0 Å².